The maximum absolute atomic E-state index is 12.9. The van der Waals surface area contributed by atoms with Crippen LogP contribution in [-0.2, 0) is 6.18 Å². The van der Waals surface area contributed by atoms with Gasteiger partial charge in [0, 0.05) is 17.0 Å². The third-order valence-corrected chi connectivity index (χ3v) is 4.88. The van der Waals surface area contributed by atoms with E-state index < -0.39 is 11.7 Å². The molecule has 1 aliphatic heterocycles. The topological polar surface area (TPSA) is 12.0 Å². The molecular weight excluding hydrogens is 271 g/mol. The standard InChI is InChI=1S/C14H18F3NS/c1-9-5-6-11(8-12(9)14(15,16)17)18-13-4-3-7-19-10(13)2/h5-6,8,10,13,18H,3-4,7H2,1-2H3. The van der Waals surface area contributed by atoms with Gasteiger partial charge >= 0.3 is 6.18 Å². The molecule has 0 saturated carbocycles. The van der Waals surface area contributed by atoms with Crippen LogP contribution in [0.3, 0.4) is 0 Å². The number of alkyl halides is 3. The summed E-state index contributed by atoms with van der Waals surface area (Å²) in [5.74, 6) is 1.14. The normalized spacial score (nSPS) is 24.3. The molecular formula is C14H18F3NS. The Bertz CT molecular complexity index is 445. The first-order valence-electron chi connectivity index (χ1n) is 6.44. The van der Waals surface area contributed by atoms with Crippen molar-refractivity contribution >= 4 is 17.4 Å². The van der Waals surface area contributed by atoms with Crippen molar-refractivity contribution in [2.24, 2.45) is 0 Å². The molecule has 0 bridgehead atoms. The van der Waals surface area contributed by atoms with Crippen molar-refractivity contribution in [2.45, 2.75) is 44.2 Å². The van der Waals surface area contributed by atoms with Crippen LogP contribution in [0.25, 0.3) is 0 Å². The van der Waals surface area contributed by atoms with Gasteiger partial charge in [-0.25, -0.2) is 0 Å². The summed E-state index contributed by atoms with van der Waals surface area (Å²) in [5, 5.41) is 3.68. The molecule has 1 aromatic rings. The van der Waals surface area contributed by atoms with Crippen molar-refractivity contribution in [2.75, 3.05) is 11.1 Å². The van der Waals surface area contributed by atoms with Gasteiger partial charge in [0.15, 0.2) is 0 Å². The molecule has 0 radical (unpaired) electrons. The second-order valence-electron chi connectivity index (χ2n) is 5.00. The highest BCUT2D eigenvalue weighted by Crippen LogP contribution is 2.34. The summed E-state index contributed by atoms with van der Waals surface area (Å²) in [6.07, 6.45) is -2.15. The number of hydrogen-bond acceptors (Lipinski definition) is 2. The molecule has 1 aromatic carbocycles. The molecule has 106 valence electrons. The van der Waals surface area contributed by atoms with E-state index in [4.69, 9.17) is 0 Å². The van der Waals surface area contributed by atoms with Gasteiger partial charge in [-0.1, -0.05) is 13.0 Å². The van der Waals surface area contributed by atoms with E-state index in [9.17, 15) is 13.2 Å². The van der Waals surface area contributed by atoms with Gasteiger partial charge in [-0.15, -0.1) is 0 Å². The highest BCUT2D eigenvalue weighted by Gasteiger charge is 2.32. The number of hydrogen-bond donors (Lipinski definition) is 1. The quantitative estimate of drug-likeness (QED) is 0.846. The Morgan fingerprint density at radius 1 is 1.32 bits per heavy atom. The van der Waals surface area contributed by atoms with E-state index in [0.29, 0.717) is 10.9 Å². The van der Waals surface area contributed by atoms with E-state index in [1.807, 2.05) is 11.8 Å². The van der Waals surface area contributed by atoms with E-state index in [1.165, 1.54) is 19.1 Å². The Hall–Kier alpha value is -0.840. The molecule has 5 heteroatoms. The number of rotatable bonds is 2. The fourth-order valence-electron chi connectivity index (χ4n) is 2.34. The smallest absolute Gasteiger partial charge is 0.381 e. The van der Waals surface area contributed by atoms with Crippen LogP contribution in [0, 0.1) is 6.92 Å². The summed E-state index contributed by atoms with van der Waals surface area (Å²) in [6.45, 7) is 3.62. The summed E-state index contributed by atoms with van der Waals surface area (Å²) in [5.41, 5.74) is 0.287. The first kappa shape index (κ1) is 14.6. The van der Waals surface area contributed by atoms with E-state index in [0.717, 1.165) is 18.6 Å². The van der Waals surface area contributed by atoms with E-state index >= 15 is 0 Å². The van der Waals surface area contributed by atoms with Crippen molar-refractivity contribution < 1.29 is 13.2 Å². The first-order chi connectivity index (χ1) is 8.88. The molecule has 1 N–H and O–H groups in total. The van der Waals surface area contributed by atoms with Gasteiger partial charge in [0.1, 0.15) is 0 Å². The third-order valence-electron chi connectivity index (χ3n) is 3.50. The maximum Gasteiger partial charge on any atom is 0.416 e. The molecule has 1 aliphatic rings. The molecule has 0 amide bonds. The number of aryl methyl sites for hydroxylation is 1. The van der Waals surface area contributed by atoms with Crippen LogP contribution in [0.4, 0.5) is 18.9 Å². The van der Waals surface area contributed by atoms with Gasteiger partial charge in [-0.3, -0.25) is 0 Å². The Balaban J connectivity index is 2.17. The molecule has 1 heterocycles. The zero-order valence-corrected chi connectivity index (χ0v) is 11.9. The van der Waals surface area contributed by atoms with E-state index in [2.05, 4.69) is 12.2 Å². The lowest BCUT2D eigenvalue weighted by molar-refractivity contribution is -0.138. The van der Waals surface area contributed by atoms with Crippen LogP contribution in [0.15, 0.2) is 18.2 Å². The summed E-state index contributed by atoms with van der Waals surface area (Å²) >= 11 is 1.87. The van der Waals surface area contributed by atoms with Gasteiger partial charge in [-0.2, -0.15) is 24.9 Å². The zero-order chi connectivity index (χ0) is 14.0. The molecule has 0 spiro atoms. The maximum atomic E-state index is 12.9. The van der Waals surface area contributed by atoms with Gasteiger partial charge < -0.3 is 5.32 Å². The molecule has 0 aromatic heterocycles. The lowest BCUT2D eigenvalue weighted by Crippen LogP contribution is -2.32. The zero-order valence-electron chi connectivity index (χ0n) is 11.1. The molecule has 2 unspecified atom stereocenters. The highest BCUT2D eigenvalue weighted by atomic mass is 32.2. The second-order valence-corrected chi connectivity index (χ2v) is 6.48. The lowest BCUT2D eigenvalue weighted by Gasteiger charge is -2.30. The molecule has 19 heavy (non-hydrogen) atoms. The summed E-state index contributed by atoms with van der Waals surface area (Å²) in [7, 11) is 0. The molecule has 1 saturated heterocycles. The summed E-state index contributed by atoms with van der Waals surface area (Å²) in [4.78, 5) is 0. The van der Waals surface area contributed by atoms with Crippen LogP contribution in [0.2, 0.25) is 0 Å². The average Bonchev–Trinajstić information content (AvgIpc) is 2.33. The van der Waals surface area contributed by atoms with Crippen molar-refractivity contribution in [3.05, 3.63) is 29.3 Å². The van der Waals surface area contributed by atoms with Crippen molar-refractivity contribution in [1.82, 2.24) is 0 Å². The Kier molecular flexibility index (Phi) is 4.33. The SMILES string of the molecule is Cc1ccc(NC2CCCSC2C)cc1C(F)(F)F. The molecule has 1 fully saturated rings. The summed E-state index contributed by atoms with van der Waals surface area (Å²) in [6, 6.07) is 4.74. The second kappa shape index (κ2) is 5.65. The molecule has 1 nitrogen and oxygen atoms in total. The van der Waals surface area contributed by atoms with Crippen LogP contribution >= 0.6 is 11.8 Å². The van der Waals surface area contributed by atoms with Gasteiger partial charge in [-0.05, 0) is 43.2 Å². The minimum Gasteiger partial charge on any atom is -0.381 e. The van der Waals surface area contributed by atoms with Crippen LogP contribution in [-0.4, -0.2) is 17.0 Å². The number of benzene rings is 1. The number of thioether (sulfide) groups is 1. The largest absolute Gasteiger partial charge is 0.416 e. The Morgan fingerprint density at radius 2 is 2.05 bits per heavy atom. The van der Waals surface area contributed by atoms with E-state index in [-0.39, 0.29) is 11.6 Å². The number of halogens is 3. The molecule has 2 rings (SSSR count). The van der Waals surface area contributed by atoms with Crippen LogP contribution < -0.4 is 5.32 Å². The fraction of sp³-hybridized carbons (Fsp3) is 0.571. The van der Waals surface area contributed by atoms with Gasteiger partial charge in [0.25, 0.3) is 0 Å². The van der Waals surface area contributed by atoms with Gasteiger partial charge in [0.05, 0.1) is 5.56 Å². The molecule has 2 atom stereocenters. The van der Waals surface area contributed by atoms with Crippen LogP contribution in [0.1, 0.15) is 30.9 Å². The Morgan fingerprint density at radius 3 is 2.68 bits per heavy atom. The Labute approximate surface area is 116 Å². The fourth-order valence-corrected chi connectivity index (χ4v) is 3.49. The predicted octanol–water partition coefficient (Wildman–Crippen LogP) is 4.71. The van der Waals surface area contributed by atoms with Crippen molar-refractivity contribution in [1.29, 1.82) is 0 Å². The summed E-state index contributed by atoms with van der Waals surface area (Å²) < 4.78 is 38.6. The average molecular weight is 289 g/mol. The minimum absolute atomic E-state index is 0.252. The number of anilines is 1. The lowest BCUT2D eigenvalue weighted by atomic mass is 10.0. The van der Waals surface area contributed by atoms with Crippen LogP contribution in [0.5, 0.6) is 0 Å². The predicted molar refractivity (Wildman–Crippen MR) is 74.7 cm³/mol. The molecule has 0 aliphatic carbocycles. The van der Waals surface area contributed by atoms with Crippen molar-refractivity contribution in [3.63, 3.8) is 0 Å². The van der Waals surface area contributed by atoms with Gasteiger partial charge in [0.2, 0.25) is 0 Å². The highest BCUT2D eigenvalue weighted by molar-refractivity contribution is 8.00. The minimum atomic E-state index is -4.28. The van der Waals surface area contributed by atoms with E-state index in [1.54, 1.807) is 6.07 Å². The third kappa shape index (κ3) is 3.59. The monoisotopic (exact) mass is 289 g/mol. The first-order valence-corrected chi connectivity index (χ1v) is 7.49. The van der Waals surface area contributed by atoms with Crippen molar-refractivity contribution in [3.8, 4) is 0 Å². The number of nitrogens with one attached hydrogen (secondary N) is 1.